The molecule has 0 radical (unpaired) electrons. The quantitative estimate of drug-likeness (QED) is 0.409. The summed E-state index contributed by atoms with van der Waals surface area (Å²) in [5.74, 6) is -1.48. The molecule has 3 aromatic rings. The number of rotatable bonds is 3. The minimum atomic E-state index is -0.601. The lowest BCUT2D eigenvalue weighted by atomic mass is 10.1. The number of anilines is 1. The number of halogens is 3. The second-order valence-electron chi connectivity index (χ2n) is 4.89. The summed E-state index contributed by atoms with van der Waals surface area (Å²) in [7, 11) is 0. The summed E-state index contributed by atoms with van der Waals surface area (Å²) in [6.07, 6.45) is 1.13. The summed E-state index contributed by atoms with van der Waals surface area (Å²) in [6.45, 7) is 0. The zero-order valence-electron chi connectivity index (χ0n) is 12.0. The van der Waals surface area contributed by atoms with Gasteiger partial charge in [0.05, 0.1) is 5.69 Å². The van der Waals surface area contributed by atoms with Crippen molar-refractivity contribution in [2.24, 2.45) is 0 Å². The molecular weight excluding hydrogens is 448 g/mol. The Morgan fingerprint density at radius 2 is 1.96 bits per heavy atom. The molecule has 0 unspecified atom stereocenters. The molecule has 3 rings (SSSR count). The predicted molar refractivity (Wildman–Crippen MR) is 98.6 cm³/mol. The normalized spacial score (nSPS) is 10.6. The van der Waals surface area contributed by atoms with E-state index in [4.69, 9.17) is 11.6 Å². The highest BCUT2D eigenvalue weighted by atomic mass is 127. The maximum absolute atomic E-state index is 13.9. The highest BCUT2D eigenvalue weighted by molar-refractivity contribution is 14.1. The molecule has 1 amide bonds. The zero-order valence-corrected chi connectivity index (χ0v) is 14.9. The third-order valence-electron chi connectivity index (χ3n) is 3.27. The monoisotopic (exact) mass is 457 g/mol. The van der Waals surface area contributed by atoms with Crippen molar-refractivity contribution in [2.75, 3.05) is 5.43 Å². The molecule has 8 heteroatoms. The molecule has 0 atom stereocenters. The third-order valence-corrected chi connectivity index (χ3v) is 4.15. The standard InChI is InChI=1S/C16H10ClFIN3O2/c17-8-1-3-10(4-2-8)21-22-16(24)12-7-20-14-11(15(12)23)5-9(19)6-13(14)18/h1-7,21H,(H,20,23)(H,22,24). The van der Waals surface area contributed by atoms with Crippen LogP contribution in [0.3, 0.4) is 0 Å². The third kappa shape index (κ3) is 3.36. The van der Waals surface area contributed by atoms with E-state index in [9.17, 15) is 14.3 Å². The largest absolute Gasteiger partial charge is 0.506 e. The van der Waals surface area contributed by atoms with Crippen molar-refractivity contribution in [2.45, 2.75) is 0 Å². The highest BCUT2D eigenvalue weighted by Crippen LogP contribution is 2.30. The van der Waals surface area contributed by atoms with Crippen molar-refractivity contribution in [1.82, 2.24) is 10.4 Å². The Kier molecular flexibility index (Phi) is 4.72. The molecule has 2 aromatic carbocycles. The summed E-state index contributed by atoms with van der Waals surface area (Å²) in [4.78, 5) is 16.1. The SMILES string of the molecule is O=C(NNc1ccc(Cl)cc1)c1cnc2c(F)cc(I)cc2c1O. The predicted octanol–water partition coefficient (Wildman–Crippen LogP) is 4.09. The molecule has 1 aromatic heterocycles. The molecule has 0 bridgehead atoms. The van der Waals surface area contributed by atoms with Gasteiger partial charge in [-0.1, -0.05) is 11.6 Å². The Labute approximate surface area is 155 Å². The zero-order chi connectivity index (χ0) is 17.3. The van der Waals surface area contributed by atoms with Crippen molar-refractivity contribution in [3.8, 4) is 5.75 Å². The topological polar surface area (TPSA) is 74.2 Å². The molecule has 24 heavy (non-hydrogen) atoms. The maximum Gasteiger partial charge on any atom is 0.274 e. The average molecular weight is 458 g/mol. The lowest BCUT2D eigenvalue weighted by molar-refractivity contribution is 0.0960. The minimum absolute atomic E-state index is 0.00938. The lowest BCUT2D eigenvalue weighted by Crippen LogP contribution is -2.29. The summed E-state index contributed by atoms with van der Waals surface area (Å²) in [5.41, 5.74) is 5.69. The van der Waals surface area contributed by atoms with Gasteiger partial charge in [-0.25, -0.2) is 4.39 Å². The van der Waals surface area contributed by atoms with Crippen molar-refractivity contribution in [1.29, 1.82) is 0 Å². The number of carbonyl (C=O) groups is 1. The maximum atomic E-state index is 13.9. The number of amides is 1. The van der Waals surface area contributed by atoms with Gasteiger partial charge in [0, 0.05) is 20.2 Å². The van der Waals surface area contributed by atoms with E-state index in [0.29, 0.717) is 14.3 Å². The van der Waals surface area contributed by atoms with Crippen LogP contribution < -0.4 is 10.9 Å². The number of hydrazine groups is 1. The summed E-state index contributed by atoms with van der Waals surface area (Å²) < 4.78 is 14.4. The number of nitrogens with one attached hydrogen (secondary N) is 2. The fourth-order valence-electron chi connectivity index (χ4n) is 2.11. The molecule has 0 aliphatic carbocycles. The Bertz CT molecular complexity index is 935. The van der Waals surface area contributed by atoms with E-state index in [1.165, 1.54) is 6.07 Å². The number of benzene rings is 2. The van der Waals surface area contributed by atoms with Crippen LogP contribution in [0.1, 0.15) is 10.4 Å². The number of nitrogens with zero attached hydrogens (tertiary/aromatic N) is 1. The van der Waals surface area contributed by atoms with E-state index in [1.807, 2.05) is 22.6 Å². The second kappa shape index (κ2) is 6.78. The first-order valence-corrected chi connectivity index (χ1v) is 8.20. The van der Waals surface area contributed by atoms with E-state index in [-0.39, 0.29) is 22.2 Å². The smallest absolute Gasteiger partial charge is 0.274 e. The molecule has 0 aliphatic heterocycles. The van der Waals surface area contributed by atoms with E-state index in [2.05, 4.69) is 15.8 Å². The van der Waals surface area contributed by atoms with Gasteiger partial charge >= 0.3 is 0 Å². The van der Waals surface area contributed by atoms with Gasteiger partial charge in [-0.3, -0.25) is 20.6 Å². The number of fused-ring (bicyclic) bond motifs is 1. The van der Waals surface area contributed by atoms with Gasteiger partial charge in [-0.15, -0.1) is 0 Å². The van der Waals surface area contributed by atoms with Crippen LogP contribution in [0.25, 0.3) is 10.9 Å². The molecule has 0 aliphatic rings. The van der Waals surface area contributed by atoms with Crippen molar-refractivity contribution in [3.63, 3.8) is 0 Å². The van der Waals surface area contributed by atoms with Gasteiger partial charge in [-0.05, 0) is 59.0 Å². The first kappa shape index (κ1) is 16.7. The van der Waals surface area contributed by atoms with E-state index < -0.39 is 11.7 Å². The van der Waals surface area contributed by atoms with E-state index >= 15 is 0 Å². The number of aromatic hydroxyl groups is 1. The summed E-state index contributed by atoms with van der Waals surface area (Å²) in [5, 5.41) is 11.0. The van der Waals surface area contributed by atoms with Crippen molar-refractivity contribution in [3.05, 3.63) is 62.6 Å². The van der Waals surface area contributed by atoms with Crippen LogP contribution in [-0.4, -0.2) is 16.0 Å². The van der Waals surface area contributed by atoms with Gasteiger partial charge in [0.1, 0.15) is 16.8 Å². The Morgan fingerprint density at radius 1 is 1.25 bits per heavy atom. The van der Waals surface area contributed by atoms with Crippen LogP contribution in [-0.2, 0) is 0 Å². The number of hydrogen-bond donors (Lipinski definition) is 3. The Hall–Kier alpha value is -2.13. The van der Waals surface area contributed by atoms with Crippen LogP contribution in [0, 0.1) is 9.39 Å². The Balaban J connectivity index is 1.87. The molecule has 3 N–H and O–H groups in total. The van der Waals surface area contributed by atoms with Gasteiger partial charge in [0.25, 0.3) is 5.91 Å². The van der Waals surface area contributed by atoms with E-state index in [1.54, 1.807) is 30.3 Å². The van der Waals surface area contributed by atoms with Gasteiger partial charge in [0.15, 0.2) is 5.82 Å². The van der Waals surface area contributed by atoms with Gasteiger partial charge < -0.3 is 5.11 Å². The van der Waals surface area contributed by atoms with Crippen LogP contribution >= 0.6 is 34.2 Å². The van der Waals surface area contributed by atoms with Crippen LogP contribution in [0.2, 0.25) is 5.02 Å². The molecule has 122 valence electrons. The molecule has 0 spiro atoms. The minimum Gasteiger partial charge on any atom is -0.506 e. The number of hydrogen-bond acceptors (Lipinski definition) is 4. The molecule has 0 saturated heterocycles. The number of pyridine rings is 1. The fourth-order valence-corrected chi connectivity index (χ4v) is 2.82. The van der Waals surface area contributed by atoms with Crippen LogP contribution in [0.4, 0.5) is 10.1 Å². The molecule has 0 saturated carbocycles. The molecule has 1 heterocycles. The Morgan fingerprint density at radius 3 is 2.67 bits per heavy atom. The van der Waals surface area contributed by atoms with Gasteiger partial charge in [-0.2, -0.15) is 0 Å². The molecular formula is C16H10ClFIN3O2. The van der Waals surface area contributed by atoms with Crippen molar-refractivity contribution >= 4 is 56.7 Å². The molecule has 5 nitrogen and oxygen atoms in total. The van der Waals surface area contributed by atoms with Crippen molar-refractivity contribution < 1.29 is 14.3 Å². The summed E-state index contributed by atoms with van der Waals surface area (Å²) >= 11 is 7.71. The first-order chi connectivity index (χ1) is 11.5. The fraction of sp³-hybridized carbons (Fsp3) is 0. The highest BCUT2D eigenvalue weighted by Gasteiger charge is 2.17. The number of carbonyl (C=O) groups excluding carboxylic acids is 1. The lowest BCUT2D eigenvalue weighted by Gasteiger charge is -2.11. The number of aromatic nitrogens is 1. The van der Waals surface area contributed by atoms with Crippen LogP contribution in [0.5, 0.6) is 5.75 Å². The molecule has 0 fully saturated rings. The first-order valence-electron chi connectivity index (χ1n) is 6.74. The summed E-state index contributed by atoms with van der Waals surface area (Å²) in [6, 6.07) is 9.55. The van der Waals surface area contributed by atoms with Crippen LogP contribution in [0.15, 0.2) is 42.6 Å². The second-order valence-corrected chi connectivity index (χ2v) is 6.57. The van der Waals surface area contributed by atoms with Gasteiger partial charge in [0.2, 0.25) is 0 Å². The van der Waals surface area contributed by atoms with E-state index in [0.717, 1.165) is 6.20 Å². The average Bonchev–Trinajstić information content (AvgIpc) is 2.55.